The van der Waals surface area contributed by atoms with Gasteiger partial charge in [0.15, 0.2) is 0 Å². The maximum atomic E-state index is 12.0. The van der Waals surface area contributed by atoms with E-state index in [1.54, 1.807) is 12.1 Å². The molecule has 3 saturated heterocycles. The number of non-ortho nitro benzene ring substituents is 1. The number of piperazine rings is 1. The lowest BCUT2D eigenvalue weighted by molar-refractivity contribution is -0.384. The van der Waals surface area contributed by atoms with Crippen molar-refractivity contribution in [2.75, 3.05) is 37.6 Å². The first-order chi connectivity index (χ1) is 11.6. The second-order valence-corrected chi connectivity index (χ2v) is 6.67. The van der Waals surface area contributed by atoms with Crippen LogP contribution in [0.15, 0.2) is 24.3 Å². The van der Waals surface area contributed by atoms with Crippen LogP contribution >= 0.6 is 0 Å². The number of hydrogen-bond donors (Lipinski definition) is 1. The van der Waals surface area contributed by atoms with Crippen molar-refractivity contribution in [1.82, 2.24) is 10.2 Å². The summed E-state index contributed by atoms with van der Waals surface area (Å²) in [5.41, 5.74) is 0.849. The highest BCUT2D eigenvalue weighted by atomic mass is 16.6. The van der Waals surface area contributed by atoms with Gasteiger partial charge in [-0.15, -0.1) is 0 Å². The molecule has 1 spiro atoms. The Balaban J connectivity index is 1.42. The number of fused-ring (bicyclic) bond motifs is 1. The molecule has 1 amide bonds. The molecule has 8 nitrogen and oxygen atoms in total. The van der Waals surface area contributed by atoms with E-state index in [1.807, 2.05) is 4.90 Å². The van der Waals surface area contributed by atoms with Crippen LogP contribution in [0.3, 0.4) is 0 Å². The fraction of sp³-hybridized carbons (Fsp3) is 0.562. The summed E-state index contributed by atoms with van der Waals surface area (Å²) in [6, 6.07) is 6.66. The molecule has 1 aromatic rings. The molecule has 3 heterocycles. The van der Waals surface area contributed by atoms with Crippen molar-refractivity contribution in [3.05, 3.63) is 34.4 Å². The molecule has 1 atom stereocenters. The molecule has 0 aliphatic carbocycles. The number of carbonyl (C=O) groups is 1. The summed E-state index contributed by atoms with van der Waals surface area (Å²) in [6.07, 6.45) is 1.56. The summed E-state index contributed by atoms with van der Waals surface area (Å²) in [6.45, 7) is 3.40. The average Bonchev–Trinajstić information content (AvgIpc) is 2.95. The molecule has 1 aromatic carbocycles. The van der Waals surface area contributed by atoms with Gasteiger partial charge in [0.1, 0.15) is 6.23 Å². The van der Waals surface area contributed by atoms with E-state index in [0.717, 1.165) is 31.6 Å². The monoisotopic (exact) mass is 332 g/mol. The van der Waals surface area contributed by atoms with Crippen molar-refractivity contribution in [1.29, 1.82) is 0 Å². The van der Waals surface area contributed by atoms with E-state index in [1.165, 1.54) is 12.1 Å². The topological polar surface area (TPSA) is 87.9 Å². The third-order valence-electron chi connectivity index (χ3n) is 5.21. The standard InChI is InChI=1S/C16H20N4O4/c21-14-9-17-10-15-19(14)11-16(24-15)5-7-18(8-6-16)12-1-3-13(4-2-12)20(22)23/h1-4,15,17H,5-11H2. The number of nitro groups is 1. The predicted octanol–water partition coefficient (Wildman–Crippen LogP) is 0.722. The largest absolute Gasteiger partial charge is 0.371 e. The molecule has 3 fully saturated rings. The van der Waals surface area contributed by atoms with Gasteiger partial charge in [0, 0.05) is 37.5 Å². The lowest BCUT2D eigenvalue weighted by Crippen LogP contribution is -2.52. The van der Waals surface area contributed by atoms with Crippen LogP contribution in [-0.2, 0) is 9.53 Å². The van der Waals surface area contributed by atoms with Crippen LogP contribution in [-0.4, -0.2) is 60.3 Å². The maximum absolute atomic E-state index is 12.0. The summed E-state index contributed by atoms with van der Waals surface area (Å²) >= 11 is 0. The van der Waals surface area contributed by atoms with E-state index in [-0.39, 0.29) is 28.3 Å². The summed E-state index contributed by atoms with van der Waals surface area (Å²) in [5.74, 6) is 0.112. The highest BCUT2D eigenvalue weighted by Crippen LogP contribution is 2.37. The van der Waals surface area contributed by atoms with Gasteiger partial charge in [0.25, 0.3) is 5.69 Å². The Bertz CT molecular complexity index is 655. The highest BCUT2D eigenvalue weighted by molar-refractivity contribution is 5.79. The Morgan fingerprint density at radius 2 is 1.96 bits per heavy atom. The number of rotatable bonds is 2. The van der Waals surface area contributed by atoms with E-state index in [0.29, 0.717) is 19.6 Å². The third-order valence-corrected chi connectivity index (χ3v) is 5.21. The molecule has 0 aromatic heterocycles. The zero-order valence-electron chi connectivity index (χ0n) is 13.3. The Hall–Kier alpha value is -2.19. The zero-order valence-corrected chi connectivity index (χ0v) is 13.3. The first-order valence-electron chi connectivity index (χ1n) is 8.24. The van der Waals surface area contributed by atoms with Gasteiger partial charge in [-0.2, -0.15) is 0 Å². The van der Waals surface area contributed by atoms with E-state index < -0.39 is 0 Å². The van der Waals surface area contributed by atoms with Crippen LogP contribution in [0.25, 0.3) is 0 Å². The predicted molar refractivity (Wildman–Crippen MR) is 86.7 cm³/mol. The highest BCUT2D eigenvalue weighted by Gasteiger charge is 2.49. The quantitative estimate of drug-likeness (QED) is 0.634. The maximum Gasteiger partial charge on any atom is 0.269 e. The third kappa shape index (κ3) is 2.61. The first kappa shape index (κ1) is 15.3. The lowest BCUT2D eigenvalue weighted by Gasteiger charge is -2.39. The van der Waals surface area contributed by atoms with Crippen LogP contribution in [0.5, 0.6) is 0 Å². The number of nitro benzene ring substituents is 1. The fourth-order valence-corrected chi connectivity index (χ4v) is 3.84. The summed E-state index contributed by atoms with van der Waals surface area (Å²) in [5, 5.41) is 13.8. The van der Waals surface area contributed by atoms with Crippen molar-refractivity contribution in [3.63, 3.8) is 0 Å². The summed E-state index contributed by atoms with van der Waals surface area (Å²) in [4.78, 5) is 26.4. The molecule has 1 N–H and O–H groups in total. The van der Waals surface area contributed by atoms with Crippen molar-refractivity contribution in [2.24, 2.45) is 0 Å². The Morgan fingerprint density at radius 3 is 2.58 bits per heavy atom. The number of carbonyl (C=O) groups excluding carboxylic acids is 1. The van der Waals surface area contributed by atoms with Crippen LogP contribution in [0.4, 0.5) is 11.4 Å². The molecule has 0 bridgehead atoms. The molecular formula is C16H20N4O4. The smallest absolute Gasteiger partial charge is 0.269 e. The molecule has 4 rings (SSSR count). The molecule has 3 aliphatic rings. The Labute approximate surface area is 139 Å². The fourth-order valence-electron chi connectivity index (χ4n) is 3.84. The minimum absolute atomic E-state index is 0.106. The van der Waals surface area contributed by atoms with Gasteiger partial charge in [-0.05, 0) is 25.0 Å². The molecule has 128 valence electrons. The Morgan fingerprint density at radius 1 is 1.25 bits per heavy atom. The Kier molecular flexibility index (Phi) is 3.65. The number of nitrogens with zero attached hydrogens (tertiary/aromatic N) is 3. The molecule has 24 heavy (non-hydrogen) atoms. The molecule has 0 radical (unpaired) electrons. The van der Waals surface area contributed by atoms with Crippen molar-refractivity contribution in [3.8, 4) is 0 Å². The molecule has 8 heteroatoms. The van der Waals surface area contributed by atoms with Gasteiger partial charge in [-0.25, -0.2) is 0 Å². The molecule has 3 aliphatic heterocycles. The van der Waals surface area contributed by atoms with Gasteiger partial charge >= 0.3 is 0 Å². The van der Waals surface area contributed by atoms with Gasteiger partial charge in [0.05, 0.1) is 23.6 Å². The second-order valence-electron chi connectivity index (χ2n) is 6.67. The van der Waals surface area contributed by atoms with E-state index in [9.17, 15) is 14.9 Å². The van der Waals surface area contributed by atoms with Gasteiger partial charge in [-0.3, -0.25) is 14.9 Å². The van der Waals surface area contributed by atoms with E-state index >= 15 is 0 Å². The molecule has 1 unspecified atom stereocenters. The lowest BCUT2D eigenvalue weighted by atomic mass is 9.91. The van der Waals surface area contributed by atoms with Crippen LogP contribution in [0.2, 0.25) is 0 Å². The first-order valence-corrected chi connectivity index (χ1v) is 8.24. The van der Waals surface area contributed by atoms with Crippen LogP contribution < -0.4 is 10.2 Å². The number of anilines is 1. The summed E-state index contributed by atoms with van der Waals surface area (Å²) < 4.78 is 6.23. The SMILES string of the molecule is O=C1CNCC2OC3(CCN(c4ccc([N+](=O)[O-])cc4)CC3)CN12. The number of hydrogen-bond acceptors (Lipinski definition) is 6. The number of nitrogens with one attached hydrogen (secondary N) is 1. The van der Waals surface area contributed by atoms with Crippen LogP contribution in [0, 0.1) is 10.1 Å². The van der Waals surface area contributed by atoms with E-state index in [4.69, 9.17) is 4.74 Å². The minimum atomic E-state index is -0.386. The van der Waals surface area contributed by atoms with Crippen molar-refractivity contribution >= 4 is 17.3 Å². The zero-order chi connectivity index (χ0) is 16.7. The number of amides is 1. The number of ether oxygens (including phenoxy) is 1. The van der Waals surface area contributed by atoms with Crippen molar-refractivity contribution < 1.29 is 14.5 Å². The van der Waals surface area contributed by atoms with Gasteiger partial charge in [-0.1, -0.05) is 0 Å². The van der Waals surface area contributed by atoms with Crippen LogP contribution in [0.1, 0.15) is 12.8 Å². The molecule has 0 saturated carbocycles. The van der Waals surface area contributed by atoms with Gasteiger partial charge < -0.3 is 19.9 Å². The molecular weight excluding hydrogens is 312 g/mol. The summed E-state index contributed by atoms with van der Waals surface area (Å²) in [7, 11) is 0. The van der Waals surface area contributed by atoms with E-state index in [2.05, 4.69) is 10.2 Å². The van der Waals surface area contributed by atoms with Crippen molar-refractivity contribution in [2.45, 2.75) is 24.7 Å². The average molecular weight is 332 g/mol. The normalized spacial score (nSPS) is 25.8. The number of benzene rings is 1. The second kappa shape index (κ2) is 5.71. The van der Waals surface area contributed by atoms with Gasteiger partial charge in [0.2, 0.25) is 5.91 Å². The minimum Gasteiger partial charge on any atom is -0.371 e. The number of piperidine rings is 1.